The van der Waals surface area contributed by atoms with Crippen molar-refractivity contribution in [2.24, 2.45) is 5.92 Å². The lowest BCUT2D eigenvalue weighted by molar-refractivity contribution is 0.284. The first-order valence-corrected chi connectivity index (χ1v) is 10.4. The van der Waals surface area contributed by atoms with Gasteiger partial charge in [0.25, 0.3) is 0 Å². The van der Waals surface area contributed by atoms with Crippen LogP contribution in [-0.2, 0) is 13.2 Å². The molecule has 146 valence electrons. The summed E-state index contributed by atoms with van der Waals surface area (Å²) in [6.07, 6.45) is 2.51. The fraction of sp³-hybridized carbons (Fsp3) is 0.455. The first-order chi connectivity index (χ1) is 13.2. The molecule has 4 nitrogen and oxygen atoms in total. The largest absolute Gasteiger partial charge is 0.493 e. The van der Waals surface area contributed by atoms with Crippen LogP contribution in [0.25, 0.3) is 0 Å². The molecule has 1 heterocycles. The zero-order chi connectivity index (χ0) is 19.1. The first kappa shape index (κ1) is 20.2. The van der Waals surface area contributed by atoms with E-state index >= 15 is 0 Å². The number of methoxy groups -OCH3 is 1. The van der Waals surface area contributed by atoms with Crippen LogP contribution < -0.4 is 20.1 Å². The fourth-order valence-corrected chi connectivity index (χ4v) is 3.91. The second-order valence-electron chi connectivity index (χ2n) is 7.20. The van der Waals surface area contributed by atoms with E-state index in [-0.39, 0.29) is 0 Å². The van der Waals surface area contributed by atoms with Crippen molar-refractivity contribution < 1.29 is 9.47 Å². The highest BCUT2D eigenvalue weighted by atomic mass is 79.9. The third-order valence-corrected chi connectivity index (χ3v) is 5.75. The minimum absolute atomic E-state index is 0.526. The lowest BCUT2D eigenvalue weighted by Crippen LogP contribution is -2.33. The smallest absolute Gasteiger partial charge is 0.162 e. The molecular formula is C22H29BrN2O2. The van der Waals surface area contributed by atoms with Crippen LogP contribution in [0.3, 0.4) is 0 Å². The van der Waals surface area contributed by atoms with Gasteiger partial charge < -0.3 is 20.1 Å². The Hall–Kier alpha value is -1.56. The summed E-state index contributed by atoms with van der Waals surface area (Å²) < 4.78 is 12.6. The van der Waals surface area contributed by atoms with Crippen molar-refractivity contribution in [2.45, 2.75) is 32.9 Å². The standard InChI is InChI=1S/C22H29BrN2O2/c1-16-4-3-5-18(10-16)15-27-22-12-20(23)19(11-21(22)26-2)14-25-13-17-6-8-24-9-7-17/h3-5,10-12,17,24-25H,6-9,13-15H2,1-2H3. The third kappa shape index (κ3) is 5.96. The monoisotopic (exact) mass is 432 g/mol. The summed E-state index contributed by atoms with van der Waals surface area (Å²) in [5, 5.41) is 7.01. The molecule has 3 rings (SSSR count). The molecule has 27 heavy (non-hydrogen) atoms. The van der Waals surface area contributed by atoms with E-state index in [0.29, 0.717) is 6.61 Å². The SMILES string of the molecule is COc1cc(CNCC2CCNCC2)c(Br)cc1OCc1cccc(C)c1. The van der Waals surface area contributed by atoms with Crippen LogP contribution in [0.5, 0.6) is 11.5 Å². The summed E-state index contributed by atoms with van der Waals surface area (Å²) in [4.78, 5) is 0. The molecule has 0 unspecified atom stereocenters. The molecule has 0 spiro atoms. The lowest BCUT2D eigenvalue weighted by Gasteiger charge is -2.23. The molecule has 0 aliphatic carbocycles. The molecule has 5 heteroatoms. The maximum Gasteiger partial charge on any atom is 0.162 e. The van der Waals surface area contributed by atoms with Crippen LogP contribution in [-0.4, -0.2) is 26.7 Å². The lowest BCUT2D eigenvalue weighted by atomic mass is 9.98. The van der Waals surface area contributed by atoms with Gasteiger partial charge in [0.2, 0.25) is 0 Å². The molecule has 1 saturated heterocycles. The zero-order valence-electron chi connectivity index (χ0n) is 16.2. The fourth-order valence-electron chi connectivity index (χ4n) is 3.44. The average Bonchev–Trinajstić information content (AvgIpc) is 2.68. The number of piperidine rings is 1. The van der Waals surface area contributed by atoms with E-state index in [1.54, 1.807) is 7.11 Å². The summed E-state index contributed by atoms with van der Waals surface area (Å²) >= 11 is 3.69. The molecule has 0 atom stereocenters. The normalized spacial score (nSPS) is 14.9. The van der Waals surface area contributed by atoms with E-state index in [1.165, 1.54) is 24.0 Å². The van der Waals surface area contributed by atoms with Crippen molar-refractivity contribution >= 4 is 15.9 Å². The van der Waals surface area contributed by atoms with Gasteiger partial charge in [-0.15, -0.1) is 0 Å². The third-order valence-electron chi connectivity index (χ3n) is 5.02. The molecule has 1 fully saturated rings. The Bertz CT molecular complexity index is 745. The summed E-state index contributed by atoms with van der Waals surface area (Å²) in [5.74, 6) is 2.29. The summed E-state index contributed by atoms with van der Waals surface area (Å²) in [6, 6.07) is 12.4. The maximum atomic E-state index is 6.02. The van der Waals surface area contributed by atoms with E-state index in [1.807, 2.05) is 6.07 Å². The van der Waals surface area contributed by atoms with Crippen molar-refractivity contribution in [1.82, 2.24) is 10.6 Å². The minimum atomic E-state index is 0.526. The van der Waals surface area contributed by atoms with Crippen LogP contribution in [0.2, 0.25) is 0 Å². The predicted molar refractivity (Wildman–Crippen MR) is 114 cm³/mol. The quantitative estimate of drug-likeness (QED) is 0.646. The topological polar surface area (TPSA) is 42.5 Å². The number of aryl methyl sites for hydroxylation is 1. The van der Waals surface area contributed by atoms with Crippen molar-refractivity contribution in [3.05, 3.63) is 57.6 Å². The molecule has 2 N–H and O–H groups in total. The number of rotatable bonds is 8. The molecule has 2 aromatic rings. The molecule has 1 aliphatic rings. The number of benzene rings is 2. The Kier molecular flexibility index (Phi) is 7.56. The van der Waals surface area contributed by atoms with Crippen molar-refractivity contribution in [2.75, 3.05) is 26.7 Å². The predicted octanol–water partition coefficient (Wildman–Crippen LogP) is 4.43. The number of hydrogen-bond acceptors (Lipinski definition) is 4. The van der Waals surface area contributed by atoms with Crippen molar-refractivity contribution in [1.29, 1.82) is 0 Å². The van der Waals surface area contributed by atoms with Gasteiger partial charge in [-0.2, -0.15) is 0 Å². The van der Waals surface area contributed by atoms with Gasteiger partial charge in [0, 0.05) is 11.0 Å². The first-order valence-electron chi connectivity index (χ1n) is 9.62. The number of halogens is 1. The number of ether oxygens (including phenoxy) is 2. The highest BCUT2D eigenvalue weighted by Gasteiger charge is 2.14. The van der Waals surface area contributed by atoms with Crippen molar-refractivity contribution in [3.63, 3.8) is 0 Å². The Morgan fingerprint density at radius 2 is 1.96 bits per heavy atom. The molecule has 0 bridgehead atoms. The van der Waals surface area contributed by atoms with E-state index < -0.39 is 0 Å². The highest BCUT2D eigenvalue weighted by molar-refractivity contribution is 9.10. The number of nitrogens with one attached hydrogen (secondary N) is 2. The number of hydrogen-bond donors (Lipinski definition) is 2. The maximum absolute atomic E-state index is 6.02. The molecule has 0 amide bonds. The molecular weight excluding hydrogens is 404 g/mol. The van der Waals surface area contributed by atoms with E-state index in [0.717, 1.165) is 53.6 Å². The van der Waals surface area contributed by atoms with Crippen LogP contribution in [0.1, 0.15) is 29.5 Å². The van der Waals surface area contributed by atoms with E-state index in [9.17, 15) is 0 Å². The Labute approximate surface area is 170 Å². The Balaban J connectivity index is 1.60. The van der Waals surface area contributed by atoms with Gasteiger partial charge in [0.05, 0.1) is 7.11 Å². The Morgan fingerprint density at radius 1 is 1.15 bits per heavy atom. The van der Waals surface area contributed by atoms with Crippen LogP contribution in [0, 0.1) is 12.8 Å². The van der Waals surface area contributed by atoms with E-state index in [2.05, 4.69) is 63.8 Å². The second kappa shape index (κ2) is 10.1. The summed E-state index contributed by atoms with van der Waals surface area (Å²) in [7, 11) is 1.69. The van der Waals surface area contributed by atoms with E-state index in [4.69, 9.17) is 9.47 Å². The molecule has 0 saturated carbocycles. The molecule has 0 aromatic heterocycles. The van der Waals surface area contributed by atoms with Gasteiger partial charge in [0.15, 0.2) is 11.5 Å². The zero-order valence-corrected chi connectivity index (χ0v) is 17.8. The van der Waals surface area contributed by atoms with Gasteiger partial charge in [-0.05, 0) is 68.6 Å². The van der Waals surface area contributed by atoms with Gasteiger partial charge in [-0.25, -0.2) is 0 Å². The van der Waals surface area contributed by atoms with Gasteiger partial charge in [-0.3, -0.25) is 0 Å². The van der Waals surface area contributed by atoms with Crippen LogP contribution in [0.4, 0.5) is 0 Å². The molecule has 0 radical (unpaired) electrons. The second-order valence-corrected chi connectivity index (χ2v) is 8.05. The minimum Gasteiger partial charge on any atom is -0.493 e. The van der Waals surface area contributed by atoms with Gasteiger partial charge in [0.1, 0.15) is 6.61 Å². The van der Waals surface area contributed by atoms with Crippen LogP contribution >= 0.6 is 15.9 Å². The highest BCUT2D eigenvalue weighted by Crippen LogP contribution is 2.34. The molecule has 2 aromatic carbocycles. The Morgan fingerprint density at radius 3 is 2.70 bits per heavy atom. The summed E-state index contributed by atoms with van der Waals surface area (Å²) in [6.45, 7) is 6.76. The van der Waals surface area contributed by atoms with Crippen LogP contribution in [0.15, 0.2) is 40.9 Å². The summed E-state index contributed by atoms with van der Waals surface area (Å²) in [5.41, 5.74) is 3.57. The average molecular weight is 433 g/mol. The molecule has 1 aliphatic heterocycles. The van der Waals surface area contributed by atoms with Gasteiger partial charge >= 0.3 is 0 Å². The van der Waals surface area contributed by atoms with Crippen molar-refractivity contribution in [3.8, 4) is 11.5 Å². The van der Waals surface area contributed by atoms with Gasteiger partial charge in [-0.1, -0.05) is 45.8 Å².